The van der Waals surface area contributed by atoms with E-state index in [2.05, 4.69) is 33.9 Å². The molecule has 0 radical (unpaired) electrons. The predicted octanol–water partition coefficient (Wildman–Crippen LogP) is 2.74. The zero-order valence-corrected chi connectivity index (χ0v) is 16.2. The number of aryl methyl sites for hydroxylation is 1. The summed E-state index contributed by atoms with van der Waals surface area (Å²) in [5, 5.41) is 0. The highest BCUT2D eigenvalue weighted by Gasteiger charge is 2.19. The first-order valence-electron chi connectivity index (χ1n) is 9.53. The molecule has 1 fully saturated rings. The van der Waals surface area contributed by atoms with Crippen LogP contribution in [0, 0.1) is 0 Å². The molecule has 1 aromatic carbocycles. The second kappa shape index (κ2) is 9.90. The highest BCUT2D eigenvalue weighted by atomic mass is 16.5. The van der Waals surface area contributed by atoms with Crippen LogP contribution in [0.3, 0.4) is 0 Å². The molecule has 2 aromatic rings. The number of furan rings is 1. The number of esters is 1. The van der Waals surface area contributed by atoms with Gasteiger partial charge in [0, 0.05) is 45.2 Å². The van der Waals surface area contributed by atoms with Crippen LogP contribution in [0.5, 0.6) is 0 Å². The Labute approximate surface area is 165 Å². The van der Waals surface area contributed by atoms with E-state index in [0.29, 0.717) is 17.9 Å². The first-order valence-corrected chi connectivity index (χ1v) is 9.53. The van der Waals surface area contributed by atoms with E-state index >= 15 is 0 Å². The summed E-state index contributed by atoms with van der Waals surface area (Å²) in [7, 11) is 1.37. The van der Waals surface area contributed by atoms with Crippen LogP contribution in [0.1, 0.15) is 23.5 Å². The Kier molecular flexibility index (Phi) is 7.03. The molecule has 6 nitrogen and oxygen atoms in total. The molecule has 0 N–H and O–H groups in total. The second-order valence-electron chi connectivity index (χ2n) is 6.80. The van der Waals surface area contributed by atoms with E-state index in [1.807, 2.05) is 17.0 Å². The molecular formula is C22H26N2O4. The van der Waals surface area contributed by atoms with Gasteiger partial charge in [0.25, 0.3) is 0 Å². The number of nitrogens with zero attached hydrogens (tertiary/aromatic N) is 2. The number of amides is 1. The van der Waals surface area contributed by atoms with E-state index in [-0.39, 0.29) is 18.3 Å². The zero-order valence-electron chi connectivity index (χ0n) is 16.2. The Hall–Kier alpha value is -2.86. The van der Waals surface area contributed by atoms with E-state index < -0.39 is 0 Å². The largest absolute Gasteiger partial charge is 0.469 e. The van der Waals surface area contributed by atoms with E-state index in [9.17, 15) is 9.59 Å². The number of hydrogen-bond donors (Lipinski definition) is 0. The lowest BCUT2D eigenvalue weighted by Gasteiger charge is -2.34. The minimum atomic E-state index is -0.268. The van der Waals surface area contributed by atoms with Crippen molar-refractivity contribution in [3.05, 3.63) is 65.6 Å². The lowest BCUT2D eigenvalue weighted by molar-refractivity contribution is -0.140. The van der Waals surface area contributed by atoms with Crippen LogP contribution >= 0.6 is 0 Å². The molecule has 2 heterocycles. The predicted molar refractivity (Wildman–Crippen MR) is 106 cm³/mol. The molecule has 0 spiro atoms. The van der Waals surface area contributed by atoms with Crippen LogP contribution in [0.4, 0.5) is 0 Å². The standard InChI is InChI=1S/C22H26N2O4/c1-27-22(26)12-10-20-8-7-19(28-20)9-11-21(25)24-15-13-23(14-16-24)17-18-5-3-2-4-6-18/h2-9,11H,10,12-17H2,1H3/b11-9+. The molecule has 0 atom stereocenters. The van der Waals surface area contributed by atoms with Gasteiger partial charge in [-0.3, -0.25) is 14.5 Å². The molecule has 1 saturated heterocycles. The van der Waals surface area contributed by atoms with Gasteiger partial charge in [0.1, 0.15) is 11.5 Å². The molecule has 1 aliphatic heterocycles. The fraction of sp³-hybridized carbons (Fsp3) is 0.364. The van der Waals surface area contributed by atoms with Crippen LogP contribution in [-0.2, 0) is 27.3 Å². The number of hydrogen-bond acceptors (Lipinski definition) is 5. The summed E-state index contributed by atoms with van der Waals surface area (Å²) in [6, 6.07) is 14.0. The van der Waals surface area contributed by atoms with E-state index in [1.54, 1.807) is 18.2 Å². The summed E-state index contributed by atoms with van der Waals surface area (Å²) in [5.74, 6) is 1.03. The van der Waals surface area contributed by atoms with Gasteiger partial charge in [-0.25, -0.2) is 0 Å². The second-order valence-corrected chi connectivity index (χ2v) is 6.80. The minimum absolute atomic E-state index is 0.00753. The molecule has 148 valence electrons. The van der Waals surface area contributed by atoms with Crippen LogP contribution in [0.2, 0.25) is 0 Å². The monoisotopic (exact) mass is 382 g/mol. The highest BCUT2D eigenvalue weighted by molar-refractivity contribution is 5.91. The molecule has 0 aliphatic carbocycles. The van der Waals surface area contributed by atoms with Gasteiger partial charge >= 0.3 is 5.97 Å². The van der Waals surface area contributed by atoms with Gasteiger partial charge in [-0.15, -0.1) is 0 Å². The van der Waals surface area contributed by atoms with Crippen molar-refractivity contribution in [3.63, 3.8) is 0 Å². The Morgan fingerprint density at radius 1 is 1.07 bits per heavy atom. The number of carbonyl (C=O) groups is 2. The van der Waals surface area contributed by atoms with Crippen molar-refractivity contribution in [2.45, 2.75) is 19.4 Å². The van der Waals surface area contributed by atoms with Crippen LogP contribution in [0.15, 0.2) is 53.0 Å². The van der Waals surface area contributed by atoms with Crippen LogP contribution in [-0.4, -0.2) is 55.0 Å². The molecule has 0 unspecified atom stereocenters. The van der Waals surface area contributed by atoms with Crippen molar-refractivity contribution in [2.75, 3.05) is 33.3 Å². The minimum Gasteiger partial charge on any atom is -0.469 e. The van der Waals surface area contributed by atoms with Gasteiger partial charge in [0.2, 0.25) is 5.91 Å². The van der Waals surface area contributed by atoms with Gasteiger partial charge < -0.3 is 14.1 Å². The van der Waals surface area contributed by atoms with Gasteiger partial charge in [-0.2, -0.15) is 0 Å². The summed E-state index contributed by atoms with van der Waals surface area (Å²) in [4.78, 5) is 27.8. The third kappa shape index (κ3) is 5.82. The van der Waals surface area contributed by atoms with Gasteiger partial charge in [0.05, 0.1) is 13.5 Å². The average Bonchev–Trinajstić information content (AvgIpc) is 3.19. The quantitative estimate of drug-likeness (QED) is 0.544. The number of ether oxygens (including phenoxy) is 1. The molecule has 1 aromatic heterocycles. The fourth-order valence-electron chi connectivity index (χ4n) is 3.17. The van der Waals surface area contributed by atoms with E-state index in [4.69, 9.17) is 4.42 Å². The van der Waals surface area contributed by atoms with Crippen molar-refractivity contribution < 1.29 is 18.7 Å². The van der Waals surface area contributed by atoms with Crippen molar-refractivity contribution in [3.8, 4) is 0 Å². The third-order valence-electron chi connectivity index (χ3n) is 4.81. The number of piperazine rings is 1. The molecule has 0 saturated carbocycles. The Balaban J connectivity index is 1.44. The summed E-state index contributed by atoms with van der Waals surface area (Å²) in [5.41, 5.74) is 1.29. The normalized spacial score (nSPS) is 15.1. The number of carbonyl (C=O) groups excluding carboxylic acids is 2. The molecule has 3 rings (SSSR count). The molecule has 6 heteroatoms. The third-order valence-corrected chi connectivity index (χ3v) is 4.81. The van der Waals surface area contributed by atoms with Crippen molar-refractivity contribution in [1.29, 1.82) is 0 Å². The van der Waals surface area contributed by atoms with Crippen LogP contribution < -0.4 is 0 Å². The Bertz CT molecular complexity index is 805. The summed E-state index contributed by atoms with van der Waals surface area (Å²) >= 11 is 0. The first-order chi connectivity index (χ1) is 13.6. The van der Waals surface area contributed by atoms with Gasteiger partial charge in [-0.1, -0.05) is 30.3 Å². The smallest absolute Gasteiger partial charge is 0.305 e. The first kappa shape index (κ1) is 19.9. The maximum absolute atomic E-state index is 12.4. The number of methoxy groups -OCH3 is 1. The van der Waals surface area contributed by atoms with Crippen molar-refractivity contribution >= 4 is 18.0 Å². The molecule has 28 heavy (non-hydrogen) atoms. The number of rotatable bonds is 7. The molecule has 0 bridgehead atoms. The molecule has 1 aliphatic rings. The van der Waals surface area contributed by atoms with Gasteiger partial charge in [-0.05, 0) is 23.8 Å². The Morgan fingerprint density at radius 2 is 1.82 bits per heavy atom. The fourth-order valence-corrected chi connectivity index (χ4v) is 3.17. The van der Waals surface area contributed by atoms with Gasteiger partial charge in [0.15, 0.2) is 0 Å². The van der Waals surface area contributed by atoms with Crippen molar-refractivity contribution in [1.82, 2.24) is 9.80 Å². The molecule has 1 amide bonds. The maximum atomic E-state index is 12.4. The van der Waals surface area contributed by atoms with Crippen molar-refractivity contribution in [2.24, 2.45) is 0 Å². The molecular weight excluding hydrogens is 356 g/mol. The lowest BCUT2D eigenvalue weighted by atomic mass is 10.2. The summed E-state index contributed by atoms with van der Waals surface area (Å²) < 4.78 is 10.2. The topological polar surface area (TPSA) is 63.0 Å². The summed E-state index contributed by atoms with van der Waals surface area (Å²) in [6.45, 7) is 4.09. The SMILES string of the molecule is COC(=O)CCc1ccc(/C=C/C(=O)N2CCN(Cc3ccccc3)CC2)o1. The van der Waals surface area contributed by atoms with E-state index in [1.165, 1.54) is 12.7 Å². The zero-order chi connectivity index (χ0) is 19.8. The van der Waals surface area contributed by atoms with Crippen LogP contribution in [0.25, 0.3) is 6.08 Å². The highest BCUT2D eigenvalue weighted by Crippen LogP contribution is 2.13. The summed E-state index contributed by atoms with van der Waals surface area (Å²) in [6.07, 6.45) is 3.99. The average molecular weight is 382 g/mol. The Morgan fingerprint density at radius 3 is 2.54 bits per heavy atom. The van der Waals surface area contributed by atoms with E-state index in [0.717, 1.165) is 32.7 Å². The number of benzene rings is 1. The maximum Gasteiger partial charge on any atom is 0.305 e. The lowest BCUT2D eigenvalue weighted by Crippen LogP contribution is -2.47.